The van der Waals surface area contributed by atoms with E-state index in [4.69, 9.17) is 14.2 Å². The quantitative estimate of drug-likeness (QED) is 0.734. The van der Waals surface area contributed by atoms with E-state index in [1.165, 1.54) is 0 Å². The molecule has 0 aliphatic rings. The van der Waals surface area contributed by atoms with Crippen LogP contribution < -0.4 is 14.8 Å². The fourth-order valence-corrected chi connectivity index (χ4v) is 2.14. The van der Waals surface area contributed by atoms with Crippen LogP contribution in [0.25, 0.3) is 0 Å². The Kier molecular flexibility index (Phi) is 6.67. The first-order valence-electron chi connectivity index (χ1n) is 6.58. The molecule has 2 unspecified atom stereocenters. The van der Waals surface area contributed by atoms with E-state index in [2.05, 4.69) is 19.2 Å². The highest BCUT2D eigenvalue weighted by Gasteiger charge is 2.21. The molecule has 0 spiro atoms. The molecule has 108 valence electrons. The third-order valence-corrected chi connectivity index (χ3v) is 3.44. The van der Waals surface area contributed by atoms with Crippen molar-refractivity contribution in [2.24, 2.45) is 0 Å². The molecule has 1 N–H and O–H groups in total. The van der Waals surface area contributed by atoms with E-state index in [0.717, 1.165) is 23.6 Å². The highest BCUT2D eigenvalue weighted by Crippen LogP contribution is 2.36. The number of ether oxygens (including phenoxy) is 3. The van der Waals surface area contributed by atoms with E-state index in [9.17, 15) is 0 Å². The normalized spacial score (nSPS) is 13.9. The van der Waals surface area contributed by atoms with Gasteiger partial charge in [-0.25, -0.2) is 0 Å². The molecule has 0 radical (unpaired) electrons. The summed E-state index contributed by atoms with van der Waals surface area (Å²) in [5.74, 6) is 2.02. The summed E-state index contributed by atoms with van der Waals surface area (Å²) in [6.45, 7) is 5.87. The van der Waals surface area contributed by atoms with Crippen LogP contribution in [0.5, 0.6) is 11.5 Å². The zero-order chi connectivity index (χ0) is 14.3. The van der Waals surface area contributed by atoms with Crippen LogP contribution in [0.1, 0.15) is 25.3 Å². The number of rotatable bonds is 8. The van der Waals surface area contributed by atoms with E-state index in [1.807, 2.05) is 18.2 Å². The molecule has 0 aliphatic heterocycles. The molecular formula is C15H25NO3. The van der Waals surface area contributed by atoms with Crippen LogP contribution in [-0.2, 0) is 4.74 Å². The van der Waals surface area contributed by atoms with Crippen LogP contribution in [0.2, 0.25) is 0 Å². The van der Waals surface area contributed by atoms with Crippen LogP contribution >= 0.6 is 0 Å². The molecule has 0 aliphatic carbocycles. The Morgan fingerprint density at radius 3 is 2.11 bits per heavy atom. The SMILES string of the molecule is COCCNC(C)C(C)c1c(OC)cccc1OC. The minimum Gasteiger partial charge on any atom is -0.496 e. The molecule has 1 aromatic carbocycles. The summed E-state index contributed by atoms with van der Waals surface area (Å²) in [7, 11) is 5.08. The van der Waals surface area contributed by atoms with Crippen molar-refractivity contribution in [3.63, 3.8) is 0 Å². The standard InChI is InChI=1S/C15H25NO3/c1-11(12(2)16-9-10-17-3)15-13(18-4)7-6-8-14(15)19-5/h6-8,11-12,16H,9-10H2,1-5H3. The molecule has 0 saturated carbocycles. The zero-order valence-electron chi connectivity index (χ0n) is 12.5. The molecule has 4 heteroatoms. The summed E-state index contributed by atoms with van der Waals surface area (Å²) in [5, 5.41) is 3.45. The Hall–Kier alpha value is -1.26. The molecule has 0 saturated heterocycles. The number of benzene rings is 1. The molecule has 1 aromatic rings. The lowest BCUT2D eigenvalue weighted by molar-refractivity contribution is 0.195. The van der Waals surface area contributed by atoms with Crippen molar-refractivity contribution in [1.29, 1.82) is 0 Å². The number of hydrogen-bond acceptors (Lipinski definition) is 4. The first-order chi connectivity index (χ1) is 9.15. The summed E-state index contributed by atoms with van der Waals surface area (Å²) in [6, 6.07) is 6.18. The lowest BCUT2D eigenvalue weighted by Crippen LogP contribution is -2.33. The van der Waals surface area contributed by atoms with Gasteiger partial charge in [-0.05, 0) is 19.1 Å². The van der Waals surface area contributed by atoms with Crippen molar-refractivity contribution in [3.8, 4) is 11.5 Å². The molecule has 0 amide bonds. The fraction of sp³-hybridized carbons (Fsp3) is 0.600. The van der Waals surface area contributed by atoms with Crippen LogP contribution in [-0.4, -0.2) is 40.5 Å². The predicted octanol–water partition coefficient (Wildman–Crippen LogP) is 2.43. The van der Waals surface area contributed by atoms with Crippen LogP contribution in [0.4, 0.5) is 0 Å². The maximum atomic E-state index is 5.45. The fourth-order valence-electron chi connectivity index (χ4n) is 2.14. The van der Waals surface area contributed by atoms with E-state index in [1.54, 1.807) is 21.3 Å². The van der Waals surface area contributed by atoms with Gasteiger partial charge in [0.05, 0.1) is 20.8 Å². The minimum atomic E-state index is 0.281. The Morgan fingerprint density at radius 2 is 1.63 bits per heavy atom. The summed E-state index contributed by atoms with van der Waals surface area (Å²) >= 11 is 0. The number of methoxy groups -OCH3 is 3. The van der Waals surface area contributed by atoms with Gasteiger partial charge in [-0.2, -0.15) is 0 Å². The Balaban J connectivity index is 2.87. The minimum absolute atomic E-state index is 0.281. The summed E-state index contributed by atoms with van der Waals surface area (Å²) in [6.07, 6.45) is 0. The molecule has 0 aromatic heterocycles. The van der Waals surface area contributed by atoms with Gasteiger partial charge in [0.15, 0.2) is 0 Å². The van der Waals surface area contributed by atoms with Gasteiger partial charge in [0.1, 0.15) is 11.5 Å². The summed E-state index contributed by atoms with van der Waals surface area (Å²) in [4.78, 5) is 0. The van der Waals surface area contributed by atoms with Crippen molar-refractivity contribution in [2.75, 3.05) is 34.5 Å². The van der Waals surface area contributed by atoms with Gasteiger partial charge in [-0.1, -0.05) is 13.0 Å². The maximum absolute atomic E-state index is 5.45. The van der Waals surface area contributed by atoms with Crippen LogP contribution in [0.3, 0.4) is 0 Å². The smallest absolute Gasteiger partial charge is 0.126 e. The monoisotopic (exact) mass is 267 g/mol. The second kappa shape index (κ2) is 8.02. The van der Waals surface area contributed by atoms with Gasteiger partial charge >= 0.3 is 0 Å². The maximum Gasteiger partial charge on any atom is 0.126 e. The highest BCUT2D eigenvalue weighted by molar-refractivity contribution is 5.47. The topological polar surface area (TPSA) is 39.7 Å². The predicted molar refractivity (Wildman–Crippen MR) is 77.3 cm³/mol. The summed E-state index contributed by atoms with van der Waals surface area (Å²) < 4.78 is 16.0. The summed E-state index contributed by atoms with van der Waals surface area (Å²) in [5.41, 5.74) is 1.10. The third kappa shape index (κ3) is 4.11. The van der Waals surface area contributed by atoms with Crippen molar-refractivity contribution in [2.45, 2.75) is 25.8 Å². The average Bonchev–Trinajstić information content (AvgIpc) is 2.45. The van der Waals surface area contributed by atoms with Gasteiger partial charge in [0.25, 0.3) is 0 Å². The molecule has 4 nitrogen and oxygen atoms in total. The second-order valence-corrected chi connectivity index (χ2v) is 4.60. The van der Waals surface area contributed by atoms with Crippen molar-refractivity contribution in [3.05, 3.63) is 23.8 Å². The Morgan fingerprint density at radius 1 is 1.05 bits per heavy atom. The van der Waals surface area contributed by atoms with Gasteiger partial charge in [0, 0.05) is 31.2 Å². The highest BCUT2D eigenvalue weighted by atomic mass is 16.5. The van der Waals surface area contributed by atoms with E-state index in [0.29, 0.717) is 12.6 Å². The third-order valence-electron chi connectivity index (χ3n) is 3.44. The van der Waals surface area contributed by atoms with Crippen LogP contribution in [0.15, 0.2) is 18.2 Å². The van der Waals surface area contributed by atoms with Gasteiger partial charge in [-0.3, -0.25) is 0 Å². The first kappa shape index (κ1) is 15.8. The molecule has 0 fully saturated rings. The van der Waals surface area contributed by atoms with E-state index >= 15 is 0 Å². The van der Waals surface area contributed by atoms with Gasteiger partial charge in [0.2, 0.25) is 0 Å². The van der Waals surface area contributed by atoms with Crippen molar-refractivity contribution < 1.29 is 14.2 Å². The Bertz CT molecular complexity index is 359. The number of nitrogens with one attached hydrogen (secondary N) is 1. The number of hydrogen-bond donors (Lipinski definition) is 1. The van der Waals surface area contributed by atoms with Crippen molar-refractivity contribution in [1.82, 2.24) is 5.32 Å². The second-order valence-electron chi connectivity index (χ2n) is 4.60. The lowest BCUT2D eigenvalue weighted by atomic mass is 9.92. The first-order valence-corrected chi connectivity index (χ1v) is 6.58. The van der Waals surface area contributed by atoms with Crippen LogP contribution in [0, 0.1) is 0 Å². The van der Waals surface area contributed by atoms with Crippen molar-refractivity contribution >= 4 is 0 Å². The van der Waals surface area contributed by atoms with E-state index in [-0.39, 0.29) is 5.92 Å². The zero-order valence-corrected chi connectivity index (χ0v) is 12.5. The molecular weight excluding hydrogens is 242 g/mol. The average molecular weight is 267 g/mol. The van der Waals surface area contributed by atoms with E-state index < -0.39 is 0 Å². The van der Waals surface area contributed by atoms with Gasteiger partial charge < -0.3 is 19.5 Å². The molecule has 2 atom stereocenters. The lowest BCUT2D eigenvalue weighted by Gasteiger charge is -2.25. The molecule has 1 rings (SSSR count). The largest absolute Gasteiger partial charge is 0.496 e. The molecule has 0 bridgehead atoms. The van der Waals surface area contributed by atoms with Gasteiger partial charge in [-0.15, -0.1) is 0 Å². The molecule has 0 heterocycles. The Labute approximate surface area is 116 Å². The molecule has 19 heavy (non-hydrogen) atoms.